The van der Waals surface area contributed by atoms with Crippen LogP contribution >= 0.6 is 15.9 Å². The number of ether oxygens (including phenoxy) is 1. The molecule has 0 amide bonds. The van der Waals surface area contributed by atoms with Gasteiger partial charge in [0.05, 0.1) is 27.2 Å². The Labute approximate surface area is 107 Å². The van der Waals surface area contributed by atoms with Gasteiger partial charge in [-0.05, 0) is 37.1 Å². The van der Waals surface area contributed by atoms with Crippen molar-refractivity contribution in [1.29, 1.82) is 0 Å². The Kier molecular flexibility index (Phi) is 5.29. The van der Waals surface area contributed by atoms with E-state index in [4.69, 9.17) is 4.74 Å². The van der Waals surface area contributed by atoms with Crippen LogP contribution in [0.3, 0.4) is 0 Å². The van der Waals surface area contributed by atoms with Gasteiger partial charge in [-0.15, -0.1) is 0 Å². The molecular weight excluding hydrogens is 266 g/mol. The Balaban J connectivity index is 2.54. The van der Waals surface area contributed by atoms with Crippen molar-refractivity contribution in [2.45, 2.75) is 20.3 Å². The van der Waals surface area contributed by atoms with E-state index in [1.165, 1.54) is 16.0 Å². The fourth-order valence-corrected chi connectivity index (χ4v) is 2.41. The van der Waals surface area contributed by atoms with Crippen molar-refractivity contribution in [3.8, 4) is 5.75 Å². The normalized spacial score (nSPS) is 10.9. The van der Waals surface area contributed by atoms with Crippen LogP contribution in [0.25, 0.3) is 0 Å². The molecule has 0 aliphatic heterocycles. The third-order valence-corrected chi connectivity index (χ3v) is 2.95. The Hall–Kier alpha value is -0.540. The van der Waals surface area contributed by atoms with E-state index in [1.54, 1.807) is 0 Å². The van der Waals surface area contributed by atoms with Crippen LogP contribution in [0.2, 0.25) is 0 Å². The van der Waals surface area contributed by atoms with Gasteiger partial charge in [0.15, 0.2) is 0 Å². The molecule has 0 unspecified atom stereocenters. The van der Waals surface area contributed by atoms with Gasteiger partial charge in [0.2, 0.25) is 0 Å². The lowest BCUT2D eigenvalue weighted by molar-refractivity contribution is -0.858. The lowest BCUT2D eigenvalue weighted by atomic mass is 10.1. The molecule has 0 aromatic heterocycles. The lowest BCUT2D eigenvalue weighted by Crippen LogP contribution is -3.05. The van der Waals surface area contributed by atoms with Crippen LogP contribution in [0.4, 0.5) is 0 Å². The van der Waals surface area contributed by atoms with E-state index < -0.39 is 0 Å². The highest BCUT2D eigenvalue weighted by molar-refractivity contribution is 9.10. The number of quaternary nitrogens is 1. The van der Waals surface area contributed by atoms with Crippen LogP contribution in [0.15, 0.2) is 16.6 Å². The molecule has 0 heterocycles. The largest absolute Gasteiger partial charge is 0.493 e. The SMILES string of the molecule is Cc1cc(Br)cc(C)c1OCCC[NH+](C)C. The van der Waals surface area contributed by atoms with E-state index in [-0.39, 0.29) is 0 Å². The maximum atomic E-state index is 5.84. The number of aryl methyl sites for hydroxylation is 2. The van der Waals surface area contributed by atoms with Gasteiger partial charge < -0.3 is 9.64 Å². The highest BCUT2D eigenvalue weighted by Crippen LogP contribution is 2.27. The minimum absolute atomic E-state index is 0.800. The zero-order valence-electron chi connectivity index (χ0n) is 10.6. The fourth-order valence-electron chi connectivity index (χ4n) is 1.73. The molecule has 90 valence electrons. The molecule has 1 aromatic rings. The summed E-state index contributed by atoms with van der Waals surface area (Å²) < 4.78 is 6.96. The average molecular weight is 287 g/mol. The Bertz CT molecular complexity index is 327. The summed E-state index contributed by atoms with van der Waals surface area (Å²) in [6.45, 7) is 6.12. The van der Waals surface area contributed by atoms with Crippen molar-refractivity contribution in [3.05, 3.63) is 27.7 Å². The first kappa shape index (κ1) is 13.5. The van der Waals surface area contributed by atoms with Gasteiger partial charge in [-0.25, -0.2) is 0 Å². The molecule has 0 radical (unpaired) electrons. The molecule has 1 rings (SSSR count). The minimum atomic E-state index is 0.800. The molecule has 0 fully saturated rings. The van der Waals surface area contributed by atoms with Crippen LogP contribution in [-0.4, -0.2) is 27.2 Å². The Morgan fingerprint density at radius 3 is 2.25 bits per heavy atom. The van der Waals surface area contributed by atoms with Gasteiger partial charge in [0, 0.05) is 10.9 Å². The third-order valence-electron chi connectivity index (χ3n) is 2.49. The van der Waals surface area contributed by atoms with Crippen molar-refractivity contribution < 1.29 is 9.64 Å². The predicted molar refractivity (Wildman–Crippen MR) is 71.4 cm³/mol. The minimum Gasteiger partial charge on any atom is -0.493 e. The molecule has 0 saturated heterocycles. The van der Waals surface area contributed by atoms with Crippen molar-refractivity contribution in [2.75, 3.05) is 27.2 Å². The van der Waals surface area contributed by atoms with E-state index >= 15 is 0 Å². The van der Waals surface area contributed by atoms with E-state index in [9.17, 15) is 0 Å². The van der Waals surface area contributed by atoms with Crippen LogP contribution < -0.4 is 9.64 Å². The van der Waals surface area contributed by atoms with Crippen LogP contribution in [-0.2, 0) is 0 Å². The molecule has 0 atom stereocenters. The lowest BCUT2D eigenvalue weighted by Gasteiger charge is -2.13. The number of halogens is 1. The van der Waals surface area contributed by atoms with Gasteiger partial charge in [-0.2, -0.15) is 0 Å². The van der Waals surface area contributed by atoms with E-state index in [1.807, 2.05) is 0 Å². The summed E-state index contributed by atoms with van der Waals surface area (Å²) in [5, 5.41) is 0. The molecule has 3 heteroatoms. The zero-order valence-corrected chi connectivity index (χ0v) is 12.1. The molecule has 0 aliphatic rings. The molecular formula is C13H21BrNO+. The molecule has 0 saturated carbocycles. The van der Waals surface area contributed by atoms with Gasteiger partial charge in [0.25, 0.3) is 0 Å². The smallest absolute Gasteiger partial charge is 0.125 e. The standard InChI is InChI=1S/C13H20BrNO/c1-10-8-12(14)9-11(2)13(10)16-7-5-6-15(3)4/h8-9H,5-7H2,1-4H3/p+1. The van der Waals surface area contributed by atoms with Gasteiger partial charge in [-0.3, -0.25) is 0 Å². The molecule has 0 spiro atoms. The highest BCUT2D eigenvalue weighted by atomic mass is 79.9. The maximum Gasteiger partial charge on any atom is 0.125 e. The van der Waals surface area contributed by atoms with Crippen molar-refractivity contribution >= 4 is 15.9 Å². The van der Waals surface area contributed by atoms with Gasteiger partial charge in [0.1, 0.15) is 5.75 Å². The van der Waals surface area contributed by atoms with E-state index in [2.05, 4.69) is 56.0 Å². The Morgan fingerprint density at radius 1 is 1.19 bits per heavy atom. The monoisotopic (exact) mass is 286 g/mol. The average Bonchev–Trinajstić information content (AvgIpc) is 2.14. The summed E-state index contributed by atoms with van der Waals surface area (Å²) in [6, 6.07) is 4.19. The molecule has 2 nitrogen and oxygen atoms in total. The quantitative estimate of drug-likeness (QED) is 0.818. The number of hydrogen-bond acceptors (Lipinski definition) is 1. The number of rotatable bonds is 5. The summed E-state index contributed by atoms with van der Waals surface area (Å²) in [5.41, 5.74) is 2.40. The van der Waals surface area contributed by atoms with Crippen molar-refractivity contribution in [2.24, 2.45) is 0 Å². The van der Waals surface area contributed by atoms with Crippen molar-refractivity contribution in [1.82, 2.24) is 0 Å². The molecule has 0 bridgehead atoms. The first-order chi connectivity index (χ1) is 7.50. The predicted octanol–water partition coefficient (Wildman–Crippen LogP) is 1.98. The topological polar surface area (TPSA) is 13.7 Å². The number of hydrogen-bond donors (Lipinski definition) is 1. The van der Waals surface area contributed by atoms with Crippen LogP contribution in [0, 0.1) is 13.8 Å². The second-order valence-corrected chi connectivity index (χ2v) is 5.44. The third kappa shape index (κ3) is 4.14. The second-order valence-electron chi connectivity index (χ2n) is 4.53. The number of nitrogens with one attached hydrogen (secondary N) is 1. The van der Waals surface area contributed by atoms with Gasteiger partial charge >= 0.3 is 0 Å². The van der Waals surface area contributed by atoms with Crippen LogP contribution in [0.1, 0.15) is 17.5 Å². The molecule has 0 aliphatic carbocycles. The second kappa shape index (κ2) is 6.26. The van der Waals surface area contributed by atoms with Crippen molar-refractivity contribution in [3.63, 3.8) is 0 Å². The summed E-state index contributed by atoms with van der Waals surface area (Å²) in [5.74, 6) is 1.04. The zero-order chi connectivity index (χ0) is 12.1. The summed E-state index contributed by atoms with van der Waals surface area (Å²) in [7, 11) is 4.33. The highest BCUT2D eigenvalue weighted by Gasteiger charge is 2.05. The molecule has 1 aromatic carbocycles. The summed E-state index contributed by atoms with van der Waals surface area (Å²) in [4.78, 5) is 1.47. The van der Waals surface area contributed by atoms with Crippen LogP contribution in [0.5, 0.6) is 5.75 Å². The first-order valence-corrected chi connectivity index (χ1v) is 6.48. The van der Waals surface area contributed by atoms with Gasteiger partial charge in [-0.1, -0.05) is 15.9 Å². The number of benzene rings is 1. The van der Waals surface area contributed by atoms with E-state index in [0.29, 0.717) is 0 Å². The van der Waals surface area contributed by atoms with E-state index in [0.717, 1.165) is 29.8 Å². The fraction of sp³-hybridized carbons (Fsp3) is 0.538. The Morgan fingerprint density at radius 2 is 1.75 bits per heavy atom. The maximum absolute atomic E-state index is 5.84. The molecule has 16 heavy (non-hydrogen) atoms. The summed E-state index contributed by atoms with van der Waals surface area (Å²) >= 11 is 3.49. The first-order valence-electron chi connectivity index (χ1n) is 5.69. The molecule has 1 N–H and O–H groups in total. The summed E-state index contributed by atoms with van der Waals surface area (Å²) in [6.07, 6.45) is 1.09.